The summed E-state index contributed by atoms with van der Waals surface area (Å²) in [6, 6.07) is 7.40. The van der Waals surface area contributed by atoms with Gasteiger partial charge in [-0.15, -0.1) is 0 Å². The lowest BCUT2D eigenvalue weighted by molar-refractivity contribution is -0.145. The third-order valence-corrected chi connectivity index (χ3v) is 2.29. The lowest BCUT2D eigenvalue weighted by atomic mass is 10.2. The summed E-state index contributed by atoms with van der Waals surface area (Å²) in [5.41, 5.74) is 0.943. The zero-order valence-electron chi connectivity index (χ0n) is 9.56. The standard InChI is InChI=1S/C12H17NO3/c1-9-5-3-4-6-10(9)16-11(12(14)15)7-8-13-2/h3-6,11,13H,7-8H2,1-2H3,(H,14,15). The molecule has 4 nitrogen and oxygen atoms in total. The van der Waals surface area contributed by atoms with Crippen LogP contribution in [0.3, 0.4) is 0 Å². The van der Waals surface area contributed by atoms with Gasteiger partial charge in [0.2, 0.25) is 0 Å². The number of hydrogen-bond acceptors (Lipinski definition) is 3. The Labute approximate surface area is 95.2 Å². The summed E-state index contributed by atoms with van der Waals surface area (Å²) >= 11 is 0. The van der Waals surface area contributed by atoms with Gasteiger partial charge in [-0.3, -0.25) is 0 Å². The summed E-state index contributed by atoms with van der Waals surface area (Å²) in [6.45, 7) is 2.51. The average Bonchev–Trinajstić information content (AvgIpc) is 2.26. The first-order valence-corrected chi connectivity index (χ1v) is 5.25. The first kappa shape index (κ1) is 12.5. The average molecular weight is 223 g/mol. The Balaban J connectivity index is 2.68. The molecule has 0 saturated carbocycles. The van der Waals surface area contributed by atoms with Crippen molar-refractivity contribution >= 4 is 5.97 Å². The van der Waals surface area contributed by atoms with Gasteiger partial charge in [0.25, 0.3) is 0 Å². The number of rotatable bonds is 6. The van der Waals surface area contributed by atoms with Gasteiger partial charge in [-0.2, -0.15) is 0 Å². The van der Waals surface area contributed by atoms with Crippen LogP contribution in [0.1, 0.15) is 12.0 Å². The second-order valence-corrected chi connectivity index (χ2v) is 3.60. The minimum atomic E-state index is -0.932. The fraction of sp³-hybridized carbons (Fsp3) is 0.417. The molecule has 16 heavy (non-hydrogen) atoms. The normalized spacial score (nSPS) is 12.1. The number of carboxylic acids is 1. The van der Waals surface area contributed by atoms with E-state index in [0.29, 0.717) is 18.7 Å². The number of para-hydroxylation sites is 1. The van der Waals surface area contributed by atoms with E-state index in [-0.39, 0.29) is 0 Å². The van der Waals surface area contributed by atoms with Crippen LogP contribution >= 0.6 is 0 Å². The van der Waals surface area contributed by atoms with Crippen molar-refractivity contribution in [3.05, 3.63) is 29.8 Å². The van der Waals surface area contributed by atoms with Crippen molar-refractivity contribution in [1.82, 2.24) is 5.32 Å². The van der Waals surface area contributed by atoms with Crippen molar-refractivity contribution < 1.29 is 14.6 Å². The smallest absolute Gasteiger partial charge is 0.344 e. The van der Waals surface area contributed by atoms with Crippen LogP contribution in [-0.4, -0.2) is 30.8 Å². The second kappa shape index (κ2) is 6.12. The summed E-state index contributed by atoms with van der Waals surface area (Å²) < 4.78 is 5.47. The monoisotopic (exact) mass is 223 g/mol. The Morgan fingerprint density at radius 3 is 2.75 bits per heavy atom. The Kier molecular flexibility index (Phi) is 4.79. The van der Waals surface area contributed by atoms with Crippen molar-refractivity contribution in [2.45, 2.75) is 19.4 Å². The molecule has 1 aromatic rings. The molecular weight excluding hydrogens is 206 g/mol. The summed E-state index contributed by atoms with van der Waals surface area (Å²) in [4.78, 5) is 11.0. The van der Waals surface area contributed by atoms with Crippen LogP contribution in [0, 0.1) is 6.92 Å². The number of ether oxygens (including phenoxy) is 1. The van der Waals surface area contributed by atoms with Crippen LogP contribution in [0.25, 0.3) is 0 Å². The van der Waals surface area contributed by atoms with E-state index in [1.54, 1.807) is 13.1 Å². The van der Waals surface area contributed by atoms with Gasteiger partial charge in [-0.05, 0) is 32.1 Å². The van der Waals surface area contributed by atoms with E-state index in [0.717, 1.165) is 5.56 Å². The summed E-state index contributed by atoms with van der Waals surface area (Å²) in [7, 11) is 1.78. The van der Waals surface area contributed by atoms with E-state index in [9.17, 15) is 4.79 Å². The summed E-state index contributed by atoms with van der Waals surface area (Å²) in [6.07, 6.45) is -0.353. The highest BCUT2D eigenvalue weighted by Crippen LogP contribution is 2.18. The largest absolute Gasteiger partial charge is 0.479 e. The lowest BCUT2D eigenvalue weighted by Crippen LogP contribution is -2.30. The van der Waals surface area contributed by atoms with E-state index in [2.05, 4.69) is 5.32 Å². The highest BCUT2D eigenvalue weighted by molar-refractivity contribution is 5.72. The van der Waals surface area contributed by atoms with E-state index in [1.165, 1.54) is 0 Å². The van der Waals surface area contributed by atoms with Crippen LogP contribution < -0.4 is 10.1 Å². The van der Waals surface area contributed by atoms with Crippen molar-refractivity contribution in [3.63, 3.8) is 0 Å². The molecule has 1 aromatic carbocycles. The number of nitrogens with one attached hydrogen (secondary N) is 1. The predicted octanol–water partition coefficient (Wildman–Crippen LogP) is 1.44. The van der Waals surface area contributed by atoms with Gasteiger partial charge >= 0.3 is 5.97 Å². The zero-order valence-corrected chi connectivity index (χ0v) is 9.56. The summed E-state index contributed by atoms with van der Waals surface area (Å²) in [5.74, 6) is -0.301. The Morgan fingerprint density at radius 1 is 1.50 bits per heavy atom. The number of carbonyl (C=O) groups is 1. The van der Waals surface area contributed by atoms with Gasteiger partial charge in [0.05, 0.1) is 0 Å². The molecule has 4 heteroatoms. The van der Waals surface area contributed by atoms with Gasteiger partial charge in [-0.1, -0.05) is 18.2 Å². The predicted molar refractivity (Wildman–Crippen MR) is 61.8 cm³/mol. The van der Waals surface area contributed by atoms with Crippen LogP contribution in [0.4, 0.5) is 0 Å². The molecule has 1 rings (SSSR count). The maximum absolute atomic E-state index is 11.0. The summed E-state index contributed by atoms with van der Waals surface area (Å²) in [5, 5.41) is 11.9. The molecule has 0 aliphatic carbocycles. The van der Waals surface area contributed by atoms with E-state index >= 15 is 0 Å². The van der Waals surface area contributed by atoms with Crippen LogP contribution in [0.2, 0.25) is 0 Å². The van der Waals surface area contributed by atoms with Gasteiger partial charge < -0.3 is 15.2 Å². The lowest BCUT2D eigenvalue weighted by Gasteiger charge is -2.16. The minimum Gasteiger partial charge on any atom is -0.479 e. The van der Waals surface area contributed by atoms with Gasteiger partial charge in [-0.25, -0.2) is 4.79 Å². The Bertz CT molecular complexity index is 352. The van der Waals surface area contributed by atoms with Gasteiger partial charge in [0, 0.05) is 6.42 Å². The molecule has 0 fully saturated rings. The number of aryl methyl sites for hydroxylation is 1. The molecule has 2 N–H and O–H groups in total. The zero-order chi connectivity index (χ0) is 12.0. The number of aliphatic carboxylic acids is 1. The molecule has 0 radical (unpaired) electrons. The fourth-order valence-electron chi connectivity index (χ4n) is 1.35. The SMILES string of the molecule is CNCCC(Oc1ccccc1C)C(=O)O. The second-order valence-electron chi connectivity index (χ2n) is 3.60. The maximum Gasteiger partial charge on any atom is 0.344 e. The first-order valence-electron chi connectivity index (χ1n) is 5.25. The highest BCUT2D eigenvalue weighted by Gasteiger charge is 2.19. The van der Waals surface area contributed by atoms with E-state index < -0.39 is 12.1 Å². The van der Waals surface area contributed by atoms with Crippen LogP contribution in [0.5, 0.6) is 5.75 Å². The molecule has 0 aromatic heterocycles. The van der Waals surface area contributed by atoms with E-state index in [1.807, 2.05) is 25.1 Å². The molecule has 0 spiro atoms. The van der Waals surface area contributed by atoms with Crippen molar-refractivity contribution in [2.24, 2.45) is 0 Å². The molecule has 88 valence electrons. The minimum absolute atomic E-state index is 0.445. The molecule has 0 aliphatic rings. The van der Waals surface area contributed by atoms with Crippen molar-refractivity contribution in [2.75, 3.05) is 13.6 Å². The third kappa shape index (κ3) is 3.55. The molecule has 1 unspecified atom stereocenters. The van der Waals surface area contributed by atoms with Gasteiger partial charge in [0.15, 0.2) is 6.10 Å². The Hall–Kier alpha value is -1.55. The van der Waals surface area contributed by atoms with Crippen LogP contribution in [-0.2, 0) is 4.79 Å². The topological polar surface area (TPSA) is 58.6 Å². The Morgan fingerprint density at radius 2 is 2.19 bits per heavy atom. The van der Waals surface area contributed by atoms with Crippen molar-refractivity contribution in [1.29, 1.82) is 0 Å². The molecule has 0 aliphatic heterocycles. The molecule has 0 heterocycles. The molecule has 1 atom stereocenters. The highest BCUT2D eigenvalue weighted by atomic mass is 16.5. The molecule has 0 saturated heterocycles. The quantitative estimate of drug-likeness (QED) is 0.766. The maximum atomic E-state index is 11.0. The third-order valence-electron chi connectivity index (χ3n) is 2.29. The van der Waals surface area contributed by atoms with Crippen LogP contribution in [0.15, 0.2) is 24.3 Å². The fourth-order valence-corrected chi connectivity index (χ4v) is 1.35. The van der Waals surface area contributed by atoms with E-state index in [4.69, 9.17) is 9.84 Å². The number of benzene rings is 1. The molecule has 0 amide bonds. The first-order chi connectivity index (χ1) is 7.65. The number of hydrogen-bond donors (Lipinski definition) is 2. The molecule has 0 bridgehead atoms. The van der Waals surface area contributed by atoms with Gasteiger partial charge in [0.1, 0.15) is 5.75 Å². The number of carboxylic acid groups (broad SMARTS) is 1. The van der Waals surface area contributed by atoms with Crippen molar-refractivity contribution in [3.8, 4) is 5.75 Å². The molecular formula is C12H17NO3.